The summed E-state index contributed by atoms with van der Waals surface area (Å²) in [5, 5.41) is 5.64. The highest BCUT2D eigenvalue weighted by molar-refractivity contribution is 7.13. The van der Waals surface area contributed by atoms with Crippen LogP contribution < -0.4 is 5.32 Å². The molecule has 2 aromatic carbocycles. The van der Waals surface area contributed by atoms with Crippen molar-refractivity contribution in [3.05, 3.63) is 76.3 Å². The molecule has 30 heavy (non-hydrogen) atoms. The van der Waals surface area contributed by atoms with Gasteiger partial charge in [0, 0.05) is 11.1 Å². The number of anilines is 2. The van der Waals surface area contributed by atoms with E-state index in [0.717, 1.165) is 16.2 Å². The van der Waals surface area contributed by atoms with Crippen LogP contribution in [0.15, 0.2) is 53.9 Å². The maximum atomic E-state index is 12.6. The first-order valence-electron chi connectivity index (χ1n) is 9.35. The van der Waals surface area contributed by atoms with E-state index in [1.165, 1.54) is 18.3 Å². The second-order valence-corrected chi connectivity index (χ2v) is 7.81. The highest BCUT2D eigenvalue weighted by Crippen LogP contribution is 2.26. The summed E-state index contributed by atoms with van der Waals surface area (Å²) in [4.78, 5) is 43.1. The first-order valence-corrected chi connectivity index (χ1v) is 10.2. The molecule has 0 unspecified atom stereocenters. The molecule has 2 heterocycles. The van der Waals surface area contributed by atoms with Gasteiger partial charge in [-0.3, -0.25) is 14.5 Å². The smallest absolute Gasteiger partial charge is 0.329 e. The van der Waals surface area contributed by atoms with Crippen LogP contribution in [-0.2, 0) is 16.1 Å². The fourth-order valence-corrected chi connectivity index (χ4v) is 3.89. The molecule has 1 aliphatic rings. The number of amides is 2. The number of carbonyl (C=O) groups is 3. The third-order valence-electron chi connectivity index (χ3n) is 4.74. The van der Waals surface area contributed by atoms with Crippen LogP contribution in [-0.4, -0.2) is 33.7 Å². The maximum Gasteiger partial charge on any atom is 0.329 e. The number of para-hydroxylation sites is 1. The molecule has 1 N–H and O–H groups in total. The van der Waals surface area contributed by atoms with Gasteiger partial charge in [0.2, 0.25) is 0 Å². The van der Waals surface area contributed by atoms with Crippen molar-refractivity contribution in [1.29, 1.82) is 0 Å². The lowest BCUT2D eigenvalue weighted by Gasteiger charge is -2.20. The number of hydrogen-bond acceptors (Lipinski definition) is 7. The lowest BCUT2D eigenvalue weighted by Crippen LogP contribution is -2.43. The van der Waals surface area contributed by atoms with Gasteiger partial charge in [-0.2, -0.15) is 0 Å². The van der Waals surface area contributed by atoms with Crippen LogP contribution in [0, 0.1) is 6.92 Å². The van der Waals surface area contributed by atoms with Gasteiger partial charge < -0.3 is 10.1 Å². The molecule has 1 aliphatic heterocycles. The Hall–Kier alpha value is -3.52. The van der Waals surface area contributed by atoms with Gasteiger partial charge >= 0.3 is 5.97 Å². The van der Waals surface area contributed by atoms with Gasteiger partial charge in [0.25, 0.3) is 11.8 Å². The van der Waals surface area contributed by atoms with Crippen molar-refractivity contribution in [2.24, 2.45) is 0 Å². The molecule has 4 rings (SSSR count). The summed E-state index contributed by atoms with van der Waals surface area (Å²) < 4.78 is 5.32. The largest absolute Gasteiger partial charge is 0.458 e. The number of esters is 1. The lowest BCUT2D eigenvalue weighted by atomic mass is 10.1. The van der Waals surface area contributed by atoms with Crippen molar-refractivity contribution >= 4 is 39.9 Å². The normalized spacial score (nSPS) is 13.9. The zero-order valence-electron chi connectivity index (χ0n) is 16.4. The summed E-state index contributed by atoms with van der Waals surface area (Å²) in [5.41, 5.74) is 2.98. The summed E-state index contributed by atoms with van der Waals surface area (Å²) in [5.74, 6) is -1.62. The minimum atomic E-state index is -1.03. The molecule has 8 heteroatoms. The SMILES string of the molecule is Cc1ccc2c(c1)C(=O)N([C@H](C)C(=O)OCc1csc(Nc3ccccc3)n1)C2=O. The molecule has 0 fully saturated rings. The van der Waals surface area contributed by atoms with Crippen molar-refractivity contribution in [2.75, 3.05) is 5.32 Å². The first-order chi connectivity index (χ1) is 14.4. The number of thiazole rings is 1. The number of ether oxygens (including phenoxy) is 1. The zero-order chi connectivity index (χ0) is 21.3. The Balaban J connectivity index is 1.38. The standard InChI is InChI=1S/C22H19N3O4S/c1-13-8-9-17-18(10-13)20(27)25(19(17)26)14(2)21(28)29-11-16-12-30-22(24-16)23-15-6-4-3-5-7-15/h3-10,12,14H,11H2,1-2H3,(H,23,24)/t14-/m1/s1. The molecule has 0 radical (unpaired) electrons. The summed E-state index contributed by atoms with van der Waals surface area (Å²) in [6.07, 6.45) is 0. The van der Waals surface area contributed by atoms with E-state index in [-0.39, 0.29) is 6.61 Å². The number of aromatic nitrogens is 1. The van der Waals surface area contributed by atoms with Gasteiger partial charge in [-0.05, 0) is 38.1 Å². The van der Waals surface area contributed by atoms with E-state index in [4.69, 9.17) is 4.74 Å². The third kappa shape index (κ3) is 3.81. The number of imide groups is 1. The Labute approximate surface area is 177 Å². The highest BCUT2D eigenvalue weighted by atomic mass is 32.1. The number of rotatable bonds is 6. The van der Waals surface area contributed by atoms with E-state index >= 15 is 0 Å². The van der Waals surface area contributed by atoms with Crippen molar-refractivity contribution in [1.82, 2.24) is 9.88 Å². The molecule has 0 spiro atoms. The summed E-state index contributed by atoms with van der Waals surface area (Å²) >= 11 is 1.39. The average Bonchev–Trinajstić information content (AvgIpc) is 3.28. The number of fused-ring (bicyclic) bond motifs is 1. The van der Waals surface area contributed by atoms with Crippen LogP contribution >= 0.6 is 11.3 Å². The fourth-order valence-electron chi connectivity index (χ4n) is 3.17. The minimum absolute atomic E-state index is 0.0432. The van der Waals surface area contributed by atoms with Gasteiger partial charge in [0.15, 0.2) is 5.13 Å². The second kappa shape index (κ2) is 8.08. The Morgan fingerprint density at radius 3 is 2.63 bits per heavy atom. The monoisotopic (exact) mass is 421 g/mol. The van der Waals surface area contributed by atoms with Gasteiger partial charge in [0.05, 0.1) is 16.8 Å². The number of aryl methyl sites for hydroxylation is 1. The molecule has 1 aromatic heterocycles. The topological polar surface area (TPSA) is 88.6 Å². The van der Waals surface area contributed by atoms with Gasteiger partial charge in [-0.1, -0.05) is 29.8 Å². The number of benzene rings is 2. The molecule has 152 valence electrons. The van der Waals surface area contributed by atoms with Crippen LogP contribution in [0.25, 0.3) is 0 Å². The van der Waals surface area contributed by atoms with Crippen LogP contribution in [0.3, 0.4) is 0 Å². The molecule has 3 aromatic rings. The molecule has 0 saturated carbocycles. The van der Waals surface area contributed by atoms with E-state index in [0.29, 0.717) is 22.0 Å². The van der Waals surface area contributed by atoms with E-state index < -0.39 is 23.8 Å². The molecular weight excluding hydrogens is 402 g/mol. The lowest BCUT2D eigenvalue weighted by molar-refractivity contribution is -0.149. The van der Waals surface area contributed by atoms with Gasteiger partial charge in [-0.25, -0.2) is 9.78 Å². The van der Waals surface area contributed by atoms with Crippen molar-refractivity contribution in [2.45, 2.75) is 26.5 Å². The van der Waals surface area contributed by atoms with E-state index in [1.807, 2.05) is 37.3 Å². The Morgan fingerprint density at radius 2 is 1.87 bits per heavy atom. The van der Waals surface area contributed by atoms with Crippen molar-refractivity contribution < 1.29 is 19.1 Å². The van der Waals surface area contributed by atoms with E-state index in [9.17, 15) is 14.4 Å². The average molecular weight is 421 g/mol. The molecular formula is C22H19N3O4S. The number of nitrogens with zero attached hydrogens (tertiary/aromatic N) is 2. The summed E-state index contributed by atoms with van der Waals surface area (Å²) in [7, 11) is 0. The number of hydrogen-bond donors (Lipinski definition) is 1. The fraction of sp³-hybridized carbons (Fsp3) is 0.182. The van der Waals surface area contributed by atoms with E-state index in [1.54, 1.807) is 23.6 Å². The van der Waals surface area contributed by atoms with Gasteiger partial charge in [-0.15, -0.1) is 11.3 Å². The molecule has 7 nitrogen and oxygen atoms in total. The molecule has 0 bridgehead atoms. The van der Waals surface area contributed by atoms with Crippen LogP contribution in [0.4, 0.5) is 10.8 Å². The Bertz CT molecular complexity index is 1130. The quantitative estimate of drug-likeness (QED) is 0.479. The number of nitrogens with one attached hydrogen (secondary N) is 1. The minimum Gasteiger partial charge on any atom is -0.458 e. The predicted octanol–water partition coefficient (Wildman–Crippen LogP) is 3.92. The van der Waals surface area contributed by atoms with Crippen molar-refractivity contribution in [3.8, 4) is 0 Å². The molecule has 2 amide bonds. The predicted molar refractivity (Wildman–Crippen MR) is 113 cm³/mol. The zero-order valence-corrected chi connectivity index (χ0v) is 17.2. The Morgan fingerprint density at radius 1 is 1.13 bits per heavy atom. The van der Waals surface area contributed by atoms with E-state index in [2.05, 4.69) is 10.3 Å². The second-order valence-electron chi connectivity index (χ2n) is 6.95. The molecule has 1 atom stereocenters. The van der Waals surface area contributed by atoms with Gasteiger partial charge in [0.1, 0.15) is 12.6 Å². The molecule has 0 saturated heterocycles. The first kappa shape index (κ1) is 19.8. The molecule has 0 aliphatic carbocycles. The van der Waals surface area contributed by atoms with Crippen LogP contribution in [0.1, 0.15) is 38.9 Å². The third-order valence-corrected chi connectivity index (χ3v) is 5.55. The summed E-state index contributed by atoms with van der Waals surface area (Å²) in [6, 6.07) is 13.6. The Kier molecular flexibility index (Phi) is 5.33. The maximum absolute atomic E-state index is 12.6. The van der Waals surface area contributed by atoms with Crippen LogP contribution in [0.2, 0.25) is 0 Å². The van der Waals surface area contributed by atoms with Crippen LogP contribution in [0.5, 0.6) is 0 Å². The van der Waals surface area contributed by atoms with Crippen molar-refractivity contribution in [3.63, 3.8) is 0 Å². The number of carbonyl (C=O) groups excluding carboxylic acids is 3. The summed E-state index contributed by atoms with van der Waals surface area (Å²) in [6.45, 7) is 3.28. The highest BCUT2D eigenvalue weighted by Gasteiger charge is 2.41.